The van der Waals surface area contributed by atoms with Crippen LogP contribution in [0.25, 0.3) is 5.57 Å². The van der Waals surface area contributed by atoms with E-state index >= 15 is 0 Å². The van der Waals surface area contributed by atoms with Crippen LogP contribution in [-0.4, -0.2) is 59.9 Å². The van der Waals surface area contributed by atoms with Crippen molar-refractivity contribution in [1.82, 2.24) is 14.9 Å². The van der Waals surface area contributed by atoms with Crippen molar-refractivity contribution in [3.05, 3.63) is 40.7 Å². The molecule has 3 N–H and O–H groups in total. The molecule has 0 fully saturated rings. The Labute approximate surface area is 171 Å². The summed E-state index contributed by atoms with van der Waals surface area (Å²) in [6.07, 6.45) is 3.20. The van der Waals surface area contributed by atoms with Crippen LogP contribution < -0.4 is 15.4 Å². The Bertz CT molecular complexity index is 957. The van der Waals surface area contributed by atoms with Crippen LogP contribution in [0.2, 0.25) is 0 Å². The maximum Gasteiger partial charge on any atom is 0.148 e. The van der Waals surface area contributed by atoms with Crippen molar-refractivity contribution in [2.45, 2.75) is 32.8 Å². The summed E-state index contributed by atoms with van der Waals surface area (Å²) in [6.45, 7) is 6.14. The number of rotatable bonds is 4. The molecular formula is C22H29N5O2. The number of nitrogens with zero attached hydrogens (tertiary/aromatic N) is 3. The molecule has 29 heavy (non-hydrogen) atoms. The first-order chi connectivity index (χ1) is 13.9. The van der Waals surface area contributed by atoms with Crippen molar-refractivity contribution in [2.75, 3.05) is 44.4 Å². The van der Waals surface area contributed by atoms with E-state index in [4.69, 9.17) is 9.72 Å². The number of hydrogen-bond donors (Lipinski definition) is 3. The SMILES string of the molecule is CNc1cc(C)nc(Nc2nc3c(c(C4=CCN(C)C[C@@H](O)C4)c2C)OCC3)c1. The Balaban J connectivity index is 1.77. The fourth-order valence-electron chi connectivity index (χ4n) is 4.09. The van der Waals surface area contributed by atoms with E-state index in [1.165, 1.54) is 0 Å². The van der Waals surface area contributed by atoms with Crippen molar-refractivity contribution in [3.8, 4) is 5.75 Å². The van der Waals surface area contributed by atoms with Gasteiger partial charge in [0, 0.05) is 61.6 Å². The van der Waals surface area contributed by atoms with Crippen LogP contribution in [0.15, 0.2) is 18.2 Å². The molecule has 154 valence electrons. The van der Waals surface area contributed by atoms with Gasteiger partial charge in [0.2, 0.25) is 0 Å². The van der Waals surface area contributed by atoms with Crippen molar-refractivity contribution in [3.63, 3.8) is 0 Å². The molecule has 4 rings (SSSR count). The molecule has 2 aliphatic heterocycles. The second kappa shape index (κ2) is 8.00. The van der Waals surface area contributed by atoms with Crippen molar-refractivity contribution in [1.29, 1.82) is 0 Å². The van der Waals surface area contributed by atoms with Crippen LogP contribution in [0.4, 0.5) is 17.3 Å². The number of anilines is 3. The van der Waals surface area contributed by atoms with E-state index in [0.29, 0.717) is 19.6 Å². The molecule has 7 nitrogen and oxygen atoms in total. The topological polar surface area (TPSA) is 82.5 Å². The average Bonchev–Trinajstić information content (AvgIpc) is 3.06. The number of aliphatic hydroxyl groups is 1. The molecule has 0 saturated carbocycles. The number of aromatic nitrogens is 2. The third-order valence-electron chi connectivity index (χ3n) is 5.49. The highest BCUT2D eigenvalue weighted by Crippen LogP contribution is 2.41. The number of aliphatic hydroxyl groups excluding tert-OH is 1. The Morgan fingerprint density at radius 1 is 1.24 bits per heavy atom. The largest absolute Gasteiger partial charge is 0.491 e. The van der Waals surface area contributed by atoms with Crippen LogP contribution in [0.1, 0.15) is 28.9 Å². The molecule has 0 aliphatic carbocycles. The first-order valence-electron chi connectivity index (χ1n) is 10.1. The Hall–Kier alpha value is -2.64. The molecule has 0 unspecified atom stereocenters. The fourth-order valence-corrected chi connectivity index (χ4v) is 4.09. The van der Waals surface area contributed by atoms with Gasteiger partial charge in [-0.25, -0.2) is 9.97 Å². The molecule has 0 radical (unpaired) electrons. The molecule has 7 heteroatoms. The molecule has 0 spiro atoms. The minimum Gasteiger partial charge on any atom is -0.491 e. The van der Waals surface area contributed by atoms with Gasteiger partial charge in [-0.2, -0.15) is 0 Å². The van der Waals surface area contributed by atoms with Crippen molar-refractivity contribution in [2.24, 2.45) is 0 Å². The summed E-state index contributed by atoms with van der Waals surface area (Å²) in [5, 5.41) is 17.0. The van der Waals surface area contributed by atoms with Gasteiger partial charge in [-0.15, -0.1) is 0 Å². The summed E-state index contributed by atoms with van der Waals surface area (Å²) in [4.78, 5) is 11.6. The van der Waals surface area contributed by atoms with Crippen molar-refractivity contribution < 1.29 is 9.84 Å². The lowest BCUT2D eigenvalue weighted by molar-refractivity contribution is 0.139. The van der Waals surface area contributed by atoms with Gasteiger partial charge in [-0.1, -0.05) is 6.08 Å². The predicted octanol–water partition coefficient (Wildman–Crippen LogP) is 2.89. The molecule has 1 atom stereocenters. The summed E-state index contributed by atoms with van der Waals surface area (Å²) >= 11 is 0. The van der Waals surface area contributed by atoms with Crippen molar-refractivity contribution >= 4 is 22.9 Å². The number of β-amino-alcohol motifs (C(OH)–C–C–N with tert-alkyl or cyclic N) is 1. The number of aryl methyl sites for hydroxylation is 1. The summed E-state index contributed by atoms with van der Waals surface area (Å²) in [6, 6.07) is 3.98. The minimum absolute atomic E-state index is 0.397. The lowest BCUT2D eigenvalue weighted by Crippen LogP contribution is -2.27. The number of likely N-dealkylation sites (N-methyl/N-ethyl adjacent to an activating group) is 1. The van der Waals surface area contributed by atoms with E-state index in [0.717, 1.165) is 64.1 Å². The van der Waals surface area contributed by atoms with Gasteiger partial charge in [0.25, 0.3) is 0 Å². The highest BCUT2D eigenvalue weighted by atomic mass is 16.5. The van der Waals surface area contributed by atoms with Crippen LogP contribution in [-0.2, 0) is 6.42 Å². The molecule has 0 amide bonds. The van der Waals surface area contributed by atoms with E-state index in [2.05, 4.69) is 33.5 Å². The third-order valence-corrected chi connectivity index (χ3v) is 5.49. The number of ether oxygens (including phenoxy) is 1. The summed E-state index contributed by atoms with van der Waals surface area (Å²) < 4.78 is 5.98. The van der Waals surface area contributed by atoms with E-state index in [-0.39, 0.29) is 0 Å². The molecular weight excluding hydrogens is 366 g/mol. The molecule has 2 aliphatic rings. The monoisotopic (exact) mass is 395 g/mol. The van der Waals surface area contributed by atoms with Gasteiger partial charge < -0.3 is 25.4 Å². The molecule has 0 bridgehead atoms. The molecule has 2 aromatic heterocycles. The van der Waals surface area contributed by atoms with E-state index in [1.807, 2.05) is 33.2 Å². The zero-order valence-electron chi connectivity index (χ0n) is 17.5. The normalized spacial score (nSPS) is 19.2. The second-order valence-corrected chi connectivity index (χ2v) is 7.90. The molecule has 2 aromatic rings. The number of fused-ring (bicyclic) bond motifs is 1. The Kier molecular flexibility index (Phi) is 5.43. The zero-order valence-corrected chi connectivity index (χ0v) is 17.5. The Morgan fingerprint density at radius 3 is 2.86 bits per heavy atom. The van der Waals surface area contributed by atoms with E-state index < -0.39 is 6.10 Å². The standard InChI is InChI=1S/C22H29N5O2/c1-13-9-16(23-3)11-19(24-13)26-22-14(2)20(21-18(25-22)6-8-29-21)15-5-7-27(4)12-17(28)10-15/h5,9,11,17,28H,6-8,10,12H2,1-4H3,(H2,23,24,25,26)/t17-/m0/s1. The number of hydrogen-bond acceptors (Lipinski definition) is 7. The highest BCUT2D eigenvalue weighted by molar-refractivity contribution is 5.79. The van der Waals surface area contributed by atoms with Gasteiger partial charge in [-0.05, 0) is 32.5 Å². The number of pyridine rings is 2. The average molecular weight is 396 g/mol. The van der Waals surface area contributed by atoms with E-state index in [9.17, 15) is 5.11 Å². The minimum atomic E-state index is -0.397. The Morgan fingerprint density at radius 2 is 2.07 bits per heavy atom. The van der Waals surface area contributed by atoms with Gasteiger partial charge in [0.15, 0.2) is 0 Å². The van der Waals surface area contributed by atoms with Gasteiger partial charge in [0.05, 0.1) is 18.4 Å². The lowest BCUT2D eigenvalue weighted by Gasteiger charge is -2.19. The quantitative estimate of drug-likeness (QED) is 0.734. The molecule has 0 aromatic carbocycles. The van der Waals surface area contributed by atoms with Crippen LogP contribution in [0.5, 0.6) is 5.75 Å². The van der Waals surface area contributed by atoms with Gasteiger partial charge >= 0.3 is 0 Å². The first-order valence-corrected chi connectivity index (χ1v) is 10.1. The molecule has 4 heterocycles. The van der Waals surface area contributed by atoms with Gasteiger partial charge in [0.1, 0.15) is 17.4 Å². The van der Waals surface area contributed by atoms with Crippen LogP contribution >= 0.6 is 0 Å². The lowest BCUT2D eigenvalue weighted by atomic mass is 9.94. The summed E-state index contributed by atoms with van der Waals surface area (Å²) in [7, 11) is 3.92. The predicted molar refractivity (Wildman–Crippen MR) is 116 cm³/mol. The fraction of sp³-hybridized carbons (Fsp3) is 0.455. The zero-order chi connectivity index (χ0) is 20.5. The summed E-state index contributed by atoms with van der Waals surface area (Å²) in [5.41, 5.74) is 6.09. The molecule has 0 saturated heterocycles. The number of nitrogens with one attached hydrogen (secondary N) is 2. The second-order valence-electron chi connectivity index (χ2n) is 7.90. The summed E-state index contributed by atoms with van der Waals surface area (Å²) in [5.74, 6) is 2.41. The smallest absolute Gasteiger partial charge is 0.148 e. The highest BCUT2D eigenvalue weighted by Gasteiger charge is 2.27. The van der Waals surface area contributed by atoms with Crippen LogP contribution in [0, 0.1) is 13.8 Å². The van der Waals surface area contributed by atoms with Gasteiger partial charge in [-0.3, -0.25) is 0 Å². The van der Waals surface area contributed by atoms with E-state index in [1.54, 1.807) is 0 Å². The maximum atomic E-state index is 10.5. The first kappa shape index (κ1) is 19.7. The van der Waals surface area contributed by atoms with Crippen LogP contribution in [0.3, 0.4) is 0 Å². The third kappa shape index (κ3) is 4.06. The maximum absolute atomic E-state index is 10.5.